The van der Waals surface area contributed by atoms with Crippen LogP contribution in [0.3, 0.4) is 0 Å². The molecule has 3 unspecified atom stereocenters. The standard InChI is InChI=1S/C11H16O2/c1-6(2)10-7-3-4-8(10)9(5-7)11(12)13/h7-9H,3-5H2,1-2H3,(H,12,13). The molecular weight excluding hydrogens is 164 g/mol. The van der Waals surface area contributed by atoms with Gasteiger partial charge in [0, 0.05) is 0 Å². The van der Waals surface area contributed by atoms with Crippen LogP contribution in [0.5, 0.6) is 0 Å². The Morgan fingerprint density at radius 3 is 2.46 bits per heavy atom. The van der Waals surface area contributed by atoms with E-state index in [4.69, 9.17) is 5.11 Å². The molecule has 13 heavy (non-hydrogen) atoms. The maximum Gasteiger partial charge on any atom is 0.307 e. The Labute approximate surface area is 78.6 Å². The van der Waals surface area contributed by atoms with E-state index in [0.717, 1.165) is 12.8 Å². The molecule has 0 radical (unpaired) electrons. The number of hydrogen-bond acceptors (Lipinski definition) is 1. The molecule has 2 aliphatic carbocycles. The summed E-state index contributed by atoms with van der Waals surface area (Å²) >= 11 is 0. The van der Waals surface area contributed by atoms with Crippen LogP contribution in [0, 0.1) is 17.8 Å². The van der Waals surface area contributed by atoms with E-state index in [-0.39, 0.29) is 5.92 Å². The maximum atomic E-state index is 10.9. The molecule has 2 heteroatoms. The third kappa shape index (κ3) is 1.19. The third-order valence-corrected chi connectivity index (χ3v) is 3.58. The summed E-state index contributed by atoms with van der Waals surface area (Å²) in [5.41, 5.74) is 2.82. The molecule has 0 saturated heterocycles. The largest absolute Gasteiger partial charge is 0.481 e. The number of carboxylic acids is 1. The monoisotopic (exact) mass is 180 g/mol. The van der Waals surface area contributed by atoms with E-state index in [1.165, 1.54) is 17.6 Å². The van der Waals surface area contributed by atoms with E-state index in [1.54, 1.807) is 0 Å². The van der Waals surface area contributed by atoms with Crippen molar-refractivity contribution >= 4 is 5.97 Å². The van der Waals surface area contributed by atoms with Crippen molar-refractivity contribution in [3.8, 4) is 0 Å². The van der Waals surface area contributed by atoms with Gasteiger partial charge in [-0.3, -0.25) is 4.79 Å². The third-order valence-electron chi connectivity index (χ3n) is 3.58. The van der Waals surface area contributed by atoms with E-state index in [1.807, 2.05) is 0 Å². The van der Waals surface area contributed by atoms with E-state index in [2.05, 4.69) is 13.8 Å². The molecule has 3 atom stereocenters. The zero-order valence-corrected chi connectivity index (χ0v) is 8.21. The van der Waals surface area contributed by atoms with Crippen molar-refractivity contribution in [2.75, 3.05) is 0 Å². The predicted octanol–water partition coefficient (Wildman–Crippen LogP) is 2.45. The zero-order chi connectivity index (χ0) is 9.59. The molecule has 2 aliphatic rings. The number of fused-ring (bicyclic) bond motifs is 2. The van der Waals surface area contributed by atoms with Gasteiger partial charge in [0.15, 0.2) is 0 Å². The molecule has 1 N–H and O–H groups in total. The number of rotatable bonds is 1. The van der Waals surface area contributed by atoms with Crippen molar-refractivity contribution in [3.05, 3.63) is 11.1 Å². The van der Waals surface area contributed by atoms with Crippen LogP contribution < -0.4 is 0 Å². The SMILES string of the molecule is CC(C)=C1C2CCC1C(C(=O)O)C2. The first-order chi connectivity index (χ1) is 6.11. The van der Waals surface area contributed by atoms with Crippen LogP contribution >= 0.6 is 0 Å². The fourth-order valence-corrected chi connectivity index (χ4v) is 3.18. The highest BCUT2D eigenvalue weighted by Crippen LogP contribution is 2.53. The van der Waals surface area contributed by atoms with Crippen LogP contribution in [0.4, 0.5) is 0 Å². The average Bonchev–Trinajstić information content (AvgIpc) is 2.58. The van der Waals surface area contributed by atoms with Crippen molar-refractivity contribution in [1.82, 2.24) is 0 Å². The molecule has 2 fully saturated rings. The van der Waals surface area contributed by atoms with Crippen molar-refractivity contribution in [1.29, 1.82) is 0 Å². The Morgan fingerprint density at radius 2 is 2.08 bits per heavy atom. The van der Waals surface area contributed by atoms with Gasteiger partial charge in [0.2, 0.25) is 0 Å². The first-order valence-corrected chi connectivity index (χ1v) is 5.01. The van der Waals surface area contributed by atoms with Crippen molar-refractivity contribution in [3.63, 3.8) is 0 Å². The highest BCUT2D eigenvalue weighted by molar-refractivity contribution is 5.72. The van der Waals surface area contributed by atoms with Gasteiger partial charge in [-0.1, -0.05) is 11.1 Å². The Morgan fingerprint density at radius 1 is 1.38 bits per heavy atom. The molecule has 0 aromatic rings. The van der Waals surface area contributed by atoms with Gasteiger partial charge in [-0.05, 0) is 44.9 Å². The molecule has 72 valence electrons. The van der Waals surface area contributed by atoms with E-state index in [9.17, 15) is 4.79 Å². The number of allylic oxidation sites excluding steroid dienone is 2. The number of carboxylic acid groups (broad SMARTS) is 1. The quantitative estimate of drug-likeness (QED) is 0.629. The van der Waals surface area contributed by atoms with Gasteiger partial charge in [0.05, 0.1) is 5.92 Å². The van der Waals surface area contributed by atoms with Crippen molar-refractivity contribution in [2.45, 2.75) is 33.1 Å². The minimum Gasteiger partial charge on any atom is -0.481 e. The van der Waals surface area contributed by atoms with Gasteiger partial charge in [-0.15, -0.1) is 0 Å². The van der Waals surface area contributed by atoms with Gasteiger partial charge in [-0.2, -0.15) is 0 Å². The van der Waals surface area contributed by atoms with E-state index < -0.39 is 5.97 Å². The maximum absolute atomic E-state index is 10.9. The summed E-state index contributed by atoms with van der Waals surface area (Å²) in [6, 6.07) is 0. The molecule has 0 aliphatic heterocycles. The Kier molecular flexibility index (Phi) is 1.94. The van der Waals surface area contributed by atoms with Crippen LogP contribution in [0.2, 0.25) is 0 Å². The Balaban J connectivity index is 2.30. The smallest absolute Gasteiger partial charge is 0.307 e. The predicted molar refractivity (Wildman–Crippen MR) is 50.3 cm³/mol. The second-order valence-electron chi connectivity index (χ2n) is 4.52. The zero-order valence-electron chi connectivity index (χ0n) is 8.21. The molecule has 0 spiro atoms. The summed E-state index contributed by atoms with van der Waals surface area (Å²) in [4.78, 5) is 10.9. The van der Waals surface area contributed by atoms with Gasteiger partial charge in [0.25, 0.3) is 0 Å². The lowest BCUT2D eigenvalue weighted by atomic mass is 9.89. The van der Waals surface area contributed by atoms with E-state index >= 15 is 0 Å². The lowest BCUT2D eigenvalue weighted by Gasteiger charge is -2.15. The second-order valence-corrected chi connectivity index (χ2v) is 4.52. The number of carbonyl (C=O) groups is 1. The number of aliphatic carboxylic acids is 1. The molecule has 0 heterocycles. The molecule has 0 aromatic carbocycles. The van der Waals surface area contributed by atoms with Crippen LogP contribution in [0.15, 0.2) is 11.1 Å². The summed E-state index contributed by atoms with van der Waals surface area (Å²) in [5.74, 6) is 0.290. The molecule has 0 aromatic heterocycles. The van der Waals surface area contributed by atoms with Gasteiger partial charge in [0.1, 0.15) is 0 Å². The van der Waals surface area contributed by atoms with Gasteiger partial charge < -0.3 is 5.11 Å². The Hall–Kier alpha value is -0.790. The highest BCUT2D eigenvalue weighted by Gasteiger charge is 2.47. The first-order valence-electron chi connectivity index (χ1n) is 5.01. The lowest BCUT2D eigenvalue weighted by molar-refractivity contribution is -0.143. The molecule has 2 nitrogen and oxygen atoms in total. The minimum absolute atomic E-state index is 0.0800. The van der Waals surface area contributed by atoms with Gasteiger partial charge in [-0.25, -0.2) is 0 Å². The van der Waals surface area contributed by atoms with Crippen molar-refractivity contribution < 1.29 is 9.90 Å². The summed E-state index contributed by atoms with van der Waals surface area (Å²) in [6.07, 6.45) is 3.21. The van der Waals surface area contributed by atoms with Gasteiger partial charge >= 0.3 is 5.97 Å². The van der Waals surface area contributed by atoms with E-state index in [0.29, 0.717) is 11.8 Å². The van der Waals surface area contributed by atoms with Crippen LogP contribution in [-0.2, 0) is 4.79 Å². The average molecular weight is 180 g/mol. The van der Waals surface area contributed by atoms with Crippen LogP contribution in [-0.4, -0.2) is 11.1 Å². The summed E-state index contributed by atoms with van der Waals surface area (Å²) in [7, 11) is 0. The normalized spacial score (nSPS) is 36.8. The molecule has 2 rings (SSSR count). The fourth-order valence-electron chi connectivity index (χ4n) is 3.18. The lowest BCUT2D eigenvalue weighted by Crippen LogP contribution is -2.20. The summed E-state index contributed by atoms with van der Waals surface area (Å²) in [5, 5.41) is 9.01. The highest BCUT2D eigenvalue weighted by atomic mass is 16.4. The number of hydrogen-bond donors (Lipinski definition) is 1. The van der Waals surface area contributed by atoms with Crippen LogP contribution in [0.1, 0.15) is 33.1 Å². The van der Waals surface area contributed by atoms with Crippen molar-refractivity contribution in [2.24, 2.45) is 17.8 Å². The summed E-state index contributed by atoms with van der Waals surface area (Å²) < 4.78 is 0. The fraction of sp³-hybridized carbons (Fsp3) is 0.727. The molecular formula is C11H16O2. The molecule has 0 amide bonds. The minimum atomic E-state index is -0.592. The summed E-state index contributed by atoms with van der Waals surface area (Å²) in [6.45, 7) is 4.23. The molecule has 2 bridgehead atoms. The Bertz CT molecular complexity index is 274. The second kappa shape index (κ2) is 2.86. The molecule has 2 saturated carbocycles. The first kappa shape index (κ1) is 8.79. The van der Waals surface area contributed by atoms with Crippen LogP contribution in [0.25, 0.3) is 0 Å². The topological polar surface area (TPSA) is 37.3 Å².